The summed E-state index contributed by atoms with van der Waals surface area (Å²) in [5.74, 6) is 1.85. The third kappa shape index (κ3) is 3.85. The van der Waals surface area contributed by atoms with Crippen molar-refractivity contribution >= 4 is 5.91 Å². The van der Waals surface area contributed by atoms with E-state index in [1.165, 1.54) is 7.11 Å². The molecule has 0 aliphatic carbocycles. The molecule has 1 aromatic carbocycles. The Morgan fingerprint density at radius 2 is 2.31 bits per heavy atom. The molecule has 0 N–H and O–H groups in total. The fraction of sp³-hybridized carbons (Fsp3) is 0.389. The van der Waals surface area contributed by atoms with Gasteiger partial charge in [0.2, 0.25) is 11.7 Å². The highest BCUT2D eigenvalue weighted by molar-refractivity contribution is 5.95. The summed E-state index contributed by atoms with van der Waals surface area (Å²) in [6.45, 7) is 6.94. The summed E-state index contributed by atoms with van der Waals surface area (Å²) in [6.07, 6.45) is 1.24. The van der Waals surface area contributed by atoms with E-state index in [4.69, 9.17) is 18.7 Å². The molecule has 0 spiro atoms. The van der Waals surface area contributed by atoms with Crippen LogP contribution < -0.4 is 9.47 Å². The number of methoxy groups -OCH3 is 1. The molecule has 26 heavy (non-hydrogen) atoms. The average molecular weight is 359 g/mol. The average Bonchev–Trinajstić information content (AvgIpc) is 3.12. The number of morpholine rings is 1. The van der Waals surface area contributed by atoms with Crippen molar-refractivity contribution < 1.29 is 23.5 Å². The molecule has 1 amide bonds. The third-order valence-corrected chi connectivity index (χ3v) is 3.95. The molecule has 2 heterocycles. The number of hydrogen-bond donors (Lipinski definition) is 0. The first-order valence-corrected chi connectivity index (χ1v) is 8.25. The highest BCUT2D eigenvalue weighted by Crippen LogP contribution is 2.29. The van der Waals surface area contributed by atoms with Crippen LogP contribution in [-0.4, -0.2) is 54.4 Å². The molecule has 1 fully saturated rings. The summed E-state index contributed by atoms with van der Waals surface area (Å²) in [7, 11) is 1.54. The number of carbonyl (C=O) groups excluding carboxylic acids is 1. The number of aryl methyl sites for hydroxylation is 1. The lowest BCUT2D eigenvalue weighted by molar-refractivity contribution is -0.0276. The van der Waals surface area contributed by atoms with Crippen LogP contribution in [0.2, 0.25) is 0 Å². The van der Waals surface area contributed by atoms with E-state index < -0.39 is 6.10 Å². The molecule has 8 heteroatoms. The summed E-state index contributed by atoms with van der Waals surface area (Å²) in [5, 5.41) is 3.88. The maximum absolute atomic E-state index is 12.9. The van der Waals surface area contributed by atoms with Crippen LogP contribution in [0.15, 0.2) is 35.4 Å². The van der Waals surface area contributed by atoms with E-state index in [-0.39, 0.29) is 5.91 Å². The van der Waals surface area contributed by atoms with Gasteiger partial charge in [-0.25, -0.2) is 0 Å². The van der Waals surface area contributed by atoms with E-state index >= 15 is 0 Å². The molecule has 1 aromatic heterocycles. The van der Waals surface area contributed by atoms with E-state index in [2.05, 4.69) is 16.7 Å². The van der Waals surface area contributed by atoms with E-state index in [1.54, 1.807) is 36.1 Å². The quantitative estimate of drug-likeness (QED) is 0.731. The Morgan fingerprint density at radius 1 is 1.46 bits per heavy atom. The lowest BCUT2D eigenvalue weighted by Crippen LogP contribution is -2.42. The van der Waals surface area contributed by atoms with E-state index in [0.29, 0.717) is 55.1 Å². The Bertz CT molecular complexity index is 789. The van der Waals surface area contributed by atoms with E-state index in [9.17, 15) is 4.79 Å². The van der Waals surface area contributed by atoms with Gasteiger partial charge in [-0.2, -0.15) is 4.98 Å². The van der Waals surface area contributed by atoms with Gasteiger partial charge in [-0.3, -0.25) is 4.79 Å². The normalized spacial score (nSPS) is 17.0. The van der Waals surface area contributed by atoms with Gasteiger partial charge in [0.1, 0.15) is 12.7 Å². The van der Waals surface area contributed by atoms with Crippen LogP contribution in [0.4, 0.5) is 0 Å². The molecule has 1 atom stereocenters. The van der Waals surface area contributed by atoms with Crippen LogP contribution in [0.25, 0.3) is 0 Å². The van der Waals surface area contributed by atoms with Gasteiger partial charge < -0.3 is 23.6 Å². The number of nitrogens with zero attached hydrogens (tertiary/aromatic N) is 3. The molecular formula is C18H21N3O5. The fourth-order valence-corrected chi connectivity index (χ4v) is 2.69. The summed E-state index contributed by atoms with van der Waals surface area (Å²) in [5.41, 5.74) is 0.512. The molecule has 0 saturated carbocycles. The second-order valence-corrected chi connectivity index (χ2v) is 5.75. The summed E-state index contributed by atoms with van der Waals surface area (Å²) in [6, 6.07) is 5.10. The predicted octanol–water partition coefficient (Wildman–Crippen LogP) is 2.17. The third-order valence-electron chi connectivity index (χ3n) is 3.95. The lowest BCUT2D eigenvalue weighted by Gasteiger charge is -2.31. The molecule has 1 saturated heterocycles. The fourth-order valence-electron chi connectivity index (χ4n) is 2.69. The minimum atomic E-state index is -0.401. The van der Waals surface area contributed by atoms with Gasteiger partial charge in [0, 0.05) is 19.0 Å². The first kappa shape index (κ1) is 17.9. The van der Waals surface area contributed by atoms with Crippen molar-refractivity contribution in [2.75, 3.05) is 33.4 Å². The van der Waals surface area contributed by atoms with Crippen molar-refractivity contribution in [3.05, 3.63) is 48.1 Å². The largest absolute Gasteiger partial charge is 0.493 e. The first-order chi connectivity index (χ1) is 12.6. The molecule has 1 aliphatic heterocycles. The van der Waals surface area contributed by atoms with Crippen LogP contribution in [0, 0.1) is 6.92 Å². The maximum atomic E-state index is 12.9. The Morgan fingerprint density at radius 3 is 3.00 bits per heavy atom. The summed E-state index contributed by atoms with van der Waals surface area (Å²) in [4.78, 5) is 18.8. The minimum Gasteiger partial charge on any atom is -0.493 e. The topological polar surface area (TPSA) is 86.9 Å². The van der Waals surface area contributed by atoms with Crippen molar-refractivity contribution in [3.63, 3.8) is 0 Å². The highest BCUT2D eigenvalue weighted by atomic mass is 16.5. The SMILES string of the molecule is C=CCOc1ccc(C(=O)N2CCOC(c3noc(C)n3)C2)cc1OC. The molecular weight excluding hydrogens is 338 g/mol. The van der Waals surface area contributed by atoms with Crippen molar-refractivity contribution in [2.24, 2.45) is 0 Å². The Hall–Kier alpha value is -2.87. The van der Waals surface area contributed by atoms with Gasteiger partial charge in [-0.1, -0.05) is 17.8 Å². The number of carbonyl (C=O) groups is 1. The molecule has 0 bridgehead atoms. The van der Waals surface area contributed by atoms with Gasteiger partial charge in [-0.05, 0) is 18.2 Å². The Kier molecular flexibility index (Phi) is 5.52. The van der Waals surface area contributed by atoms with E-state index in [0.717, 1.165) is 0 Å². The molecule has 1 unspecified atom stereocenters. The van der Waals surface area contributed by atoms with Gasteiger partial charge in [0.25, 0.3) is 5.91 Å². The molecule has 8 nitrogen and oxygen atoms in total. The van der Waals surface area contributed by atoms with Crippen molar-refractivity contribution in [3.8, 4) is 11.5 Å². The van der Waals surface area contributed by atoms with Crippen molar-refractivity contribution in [1.29, 1.82) is 0 Å². The van der Waals surface area contributed by atoms with Crippen molar-refractivity contribution in [1.82, 2.24) is 15.0 Å². The highest BCUT2D eigenvalue weighted by Gasteiger charge is 2.29. The van der Waals surface area contributed by atoms with Gasteiger partial charge >= 0.3 is 0 Å². The predicted molar refractivity (Wildman–Crippen MR) is 92.3 cm³/mol. The summed E-state index contributed by atoms with van der Waals surface area (Å²) >= 11 is 0. The molecule has 138 valence electrons. The van der Waals surface area contributed by atoms with Crippen LogP contribution in [0.1, 0.15) is 28.2 Å². The van der Waals surface area contributed by atoms with Gasteiger partial charge in [0.05, 0.1) is 20.3 Å². The van der Waals surface area contributed by atoms with Crippen LogP contribution >= 0.6 is 0 Å². The lowest BCUT2D eigenvalue weighted by atomic mass is 10.1. The number of aromatic nitrogens is 2. The van der Waals surface area contributed by atoms with Gasteiger partial charge in [0.15, 0.2) is 11.5 Å². The summed E-state index contributed by atoms with van der Waals surface area (Å²) < 4.78 is 21.5. The zero-order chi connectivity index (χ0) is 18.5. The van der Waals surface area contributed by atoms with Crippen molar-refractivity contribution in [2.45, 2.75) is 13.0 Å². The Balaban J connectivity index is 1.74. The van der Waals surface area contributed by atoms with Gasteiger partial charge in [-0.15, -0.1) is 0 Å². The number of amides is 1. The zero-order valence-corrected chi connectivity index (χ0v) is 14.8. The number of rotatable bonds is 6. The maximum Gasteiger partial charge on any atom is 0.254 e. The Labute approximate surface area is 151 Å². The number of hydrogen-bond acceptors (Lipinski definition) is 7. The second-order valence-electron chi connectivity index (χ2n) is 5.75. The monoisotopic (exact) mass is 359 g/mol. The standard InChI is InChI=1S/C18H21N3O5/c1-4-8-24-14-6-5-13(10-15(14)23-3)18(22)21-7-9-25-16(11-21)17-19-12(2)26-20-17/h4-6,10,16H,1,7-9,11H2,2-3H3. The second kappa shape index (κ2) is 8.01. The number of ether oxygens (including phenoxy) is 3. The van der Waals surface area contributed by atoms with Crippen LogP contribution in [0.5, 0.6) is 11.5 Å². The minimum absolute atomic E-state index is 0.118. The smallest absolute Gasteiger partial charge is 0.254 e. The zero-order valence-electron chi connectivity index (χ0n) is 14.8. The molecule has 0 radical (unpaired) electrons. The van der Waals surface area contributed by atoms with Crippen LogP contribution in [0.3, 0.4) is 0 Å². The number of benzene rings is 1. The first-order valence-electron chi connectivity index (χ1n) is 8.25. The molecule has 1 aliphatic rings. The molecule has 2 aromatic rings. The van der Waals surface area contributed by atoms with Crippen LogP contribution in [-0.2, 0) is 4.74 Å². The molecule has 3 rings (SSSR count). The van der Waals surface area contributed by atoms with E-state index in [1.807, 2.05) is 0 Å².